The molecule has 0 saturated heterocycles. The molecular formula is C22H20N2O5. The van der Waals surface area contributed by atoms with Crippen molar-refractivity contribution in [1.82, 2.24) is 9.55 Å². The summed E-state index contributed by atoms with van der Waals surface area (Å²) in [7, 11) is 0. The van der Waals surface area contributed by atoms with E-state index < -0.39 is 24.0 Å². The molecule has 7 heteroatoms. The number of esters is 1. The molecule has 0 bridgehead atoms. The first-order chi connectivity index (χ1) is 15.0. The van der Waals surface area contributed by atoms with Crippen molar-refractivity contribution in [3.63, 3.8) is 0 Å². The van der Waals surface area contributed by atoms with Gasteiger partial charge in [0.25, 0.3) is 5.56 Å². The van der Waals surface area contributed by atoms with E-state index in [-0.39, 0.29) is 42.9 Å². The number of fused-ring (bicyclic) bond motifs is 5. The summed E-state index contributed by atoms with van der Waals surface area (Å²) in [5.41, 5.74) is 0.425. The Hall–Kier alpha value is -3.19. The Bertz CT molecular complexity index is 1380. The molecule has 0 saturated carbocycles. The number of hydrogen-bond acceptors (Lipinski definition) is 6. The lowest BCUT2D eigenvalue weighted by molar-refractivity contribution is -0.172. The fourth-order valence-corrected chi connectivity index (χ4v) is 4.35. The van der Waals surface area contributed by atoms with Crippen molar-refractivity contribution in [1.29, 1.82) is 0 Å². The van der Waals surface area contributed by atoms with Crippen LogP contribution < -0.4 is 5.56 Å². The number of ether oxygens (including phenoxy) is 1. The fourth-order valence-electron chi connectivity index (χ4n) is 4.35. The lowest BCUT2D eigenvalue weighted by atomic mass is 9.86. The molecule has 0 fully saturated rings. The van der Waals surface area contributed by atoms with Gasteiger partial charge in [-0.15, -0.1) is 0 Å². The maximum atomic E-state index is 13.3. The molecule has 0 amide bonds. The highest BCUT2D eigenvalue weighted by atomic mass is 16.6. The van der Waals surface area contributed by atoms with Crippen LogP contribution in [0.3, 0.4) is 0 Å². The van der Waals surface area contributed by atoms with Crippen molar-refractivity contribution >= 4 is 16.9 Å². The molecule has 2 aromatic heterocycles. The molecule has 5 rings (SSSR count). The maximum absolute atomic E-state index is 13.3. The monoisotopic (exact) mass is 395 g/mol. The third kappa shape index (κ3) is 2.25. The number of aromatic nitrogens is 2. The van der Waals surface area contributed by atoms with Gasteiger partial charge in [-0.25, -0.2) is 9.78 Å². The fraction of sp³-hybridized carbons (Fsp3) is 0.318. The molecule has 4 heterocycles. The second kappa shape index (κ2) is 5.90. The van der Waals surface area contributed by atoms with E-state index >= 15 is 0 Å². The normalized spacial score (nSPS) is 21.6. The average Bonchev–Trinajstić information content (AvgIpc) is 3.09. The van der Waals surface area contributed by atoms with Crippen molar-refractivity contribution in [2.24, 2.45) is 0 Å². The quantitative estimate of drug-likeness (QED) is 0.505. The first kappa shape index (κ1) is 14.8. The molecule has 148 valence electrons. The summed E-state index contributed by atoms with van der Waals surface area (Å²) in [5, 5.41) is 21.5. The molecule has 7 nitrogen and oxygen atoms in total. The van der Waals surface area contributed by atoms with E-state index in [4.69, 9.17) is 8.85 Å². The topological polar surface area (TPSA) is 102 Å². The van der Waals surface area contributed by atoms with E-state index in [1.54, 1.807) is 19.1 Å². The summed E-state index contributed by atoms with van der Waals surface area (Å²) in [4.78, 5) is 30.3. The van der Waals surface area contributed by atoms with Crippen LogP contribution >= 0.6 is 0 Å². The van der Waals surface area contributed by atoms with Crippen molar-refractivity contribution < 1.29 is 23.9 Å². The van der Waals surface area contributed by atoms with Crippen LogP contribution in [0.25, 0.3) is 22.3 Å². The zero-order chi connectivity index (χ0) is 23.0. The summed E-state index contributed by atoms with van der Waals surface area (Å²) < 4.78 is 29.9. The molecule has 29 heavy (non-hydrogen) atoms. The zero-order valence-corrected chi connectivity index (χ0v) is 15.7. The standard InChI is InChI=1S/C22H20N2O5/c1-3-12-13-7-11(25)5-6-17(13)23-19-14(12)9-24-18(19)8-16-15(20(24)26)10-29-21(27)22(16,28)4-2/h5-8,25,28H,3-4,9-10H2,1-2H3/t22-/m0/s1/i1D3. The molecule has 2 aliphatic rings. The Morgan fingerprint density at radius 2 is 2.14 bits per heavy atom. The van der Waals surface area contributed by atoms with E-state index in [1.165, 1.54) is 16.7 Å². The van der Waals surface area contributed by atoms with Crippen molar-refractivity contribution in [3.8, 4) is 17.1 Å². The lowest BCUT2D eigenvalue weighted by Gasteiger charge is -2.31. The number of carbonyl (C=O) groups is 1. The van der Waals surface area contributed by atoms with E-state index in [2.05, 4.69) is 4.98 Å². The number of benzene rings is 1. The minimum Gasteiger partial charge on any atom is -0.508 e. The predicted octanol–water partition coefficient (Wildman–Crippen LogP) is 2.35. The molecule has 0 spiro atoms. The predicted molar refractivity (Wildman–Crippen MR) is 106 cm³/mol. The number of phenols is 1. The van der Waals surface area contributed by atoms with E-state index in [0.717, 1.165) is 0 Å². The van der Waals surface area contributed by atoms with Crippen LogP contribution in [-0.4, -0.2) is 25.7 Å². The van der Waals surface area contributed by atoms with E-state index in [1.807, 2.05) is 0 Å². The summed E-state index contributed by atoms with van der Waals surface area (Å²) in [6.45, 7) is -0.798. The second-order valence-corrected chi connectivity index (χ2v) is 7.40. The summed E-state index contributed by atoms with van der Waals surface area (Å²) in [6, 6.07) is 6.11. The second-order valence-electron chi connectivity index (χ2n) is 7.40. The van der Waals surface area contributed by atoms with Crippen LogP contribution in [0.1, 0.15) is 46.6 Å². The largest absolute Gasteiger partial charge is 0.508 e. The highest BCUT2D eigenvalue weighted by Crippen LogP contribution is 2.40. The number of aryl methyl sites for hydroxylation is 1. The molecule has 2 N–H and O–H groups in total. The van der Waals surface area contributed by atoms with Gasteiger partial charge in [0.2, 0.25) is 0 Å². The molecule has 3 aromatic rings. The van der Waals surface area contributed by atoms with Crippen LogP contribution in [0.2, 0.25) is 0 Å². The highest BCUT2D eigenvalue weighted by molar-refractivity contribution is 5.89. The van der Waals surface area contributed by atoms with Crippen LogP contribution in [-0.2, 0) is 34.7 Å². The molecule has 1 atom stereocenters. The van der Waals surface area contributed by atoms with Gasteiger partial charge in [0, 0.05) is 20.6 Å². The maximum Gasteiger partial charge on any atom is 0.343 e. The van der Waals surface area contributed by atoms with Crippen molar-refractivity contribution in [2.45, 2.75) is 45.4 Å². The Balaban J connectivity index is 1.82. The molecular weight excluding hydrogens is 372 g/mol. The third-order valence-corrected chi connectivity index (χ3v) is 5.97. The van der Waals surface area contributed by atoms with Crippen LogP contribution in [0, 0.1) is 0 Å². The number of pyridine rings is 2. The van der Waals surface area contributed by atoms with Gasteiger partial charge in [0.15, 0.2) is 5.60 Å². The zero-order valence-electron chi connectivity index (χ0n) is 18.7. The smallest absolute Gasteiger partial charge is 0.343 e. The van der Waals surface area contributed by atoms with Crippen molar-refractivity contribution in [3.05, 3.63) is 56.9 Å². The number of aliphatic hydroxyl groups is 1. The highest BCUT2D eigenvalue weighted by Gasteiger charge is 2.45. The van der Waals surface area contributed by atoms with Gasteiger partial charge >= 0.3 is 5.97 Å². The minimum atomic E-state index is -2.28. The first-order valence-electron chi connectivity index (χ1n) is 10.8. The summed E-state index contributed by atoms with van der Waals surface area (Å²) in [5.74, 6) is -0.821. The minimum absolute atomic E-state index is 0.0159. The van der Waals surface area contributed by atoms with Gasteiger partial charge in [0.05, 0.1) is 29.0 Å². The SMILES string of the molecule is [2H]C([2H])([2H])Cc1c2c(nc3ccc(O)cc13)-c1cc3c(c(=O)n1C2)COC(=O)[C@]3(O)CC. The van der Waals surface area contributed by atoms with Gasteiger partial charge in [-0.1, -0.05) is 13.8 Å². The number of hydrogen-bond donors (Lipinski definition) is 2. The Labute approximate surface area is 170 Å². The van der Waals surface area contributed by atoms with Gasteiger partial charge in [-0.3, -0.25) is 4.79 Å². The molecule has 1 aromatic carbocycles. The van der Waals surface area contributed by atoms with E-state index in [9.17, 15) is 19.8 Å². The third-order valence-electron chi connectivity index (χ3n) is 5.97. The molecule has 2 aliphatic heterocycles. The lowest BCUT2D eigenvalue weighted by Crippen LogP contribution is -2.44. The molecule has 0 aliphatic carbocycles. The van der Waals surface area contributed by atoms with Crippen LogP contribution in [0.4, 0.5) is 0 Å². The van der Waals surface area contributed by atoms with Crippen LogP contribution in [0.5, 0.6) is 5.75 Å². The Kier molecular flexibility index (Phi) is 3.00. The van der Waals surface area contributed by atoms with Gasteiger partial charge in [0.1, 0.15) is 12.4 Å². The van der Waals surface area contributed by atoms with E-state index in [0.29, 0.717) is 33.4 Å². The van der Waals surface area contributed by atoms with Crippen molar-refractivity contribution in [2.75, 3.05) is 0 Å². The summed E-state index contributed by atoms with van der Waals surface area (Å²) in [6.07, 6.45) is -0.232. The first-order valence-corrected chi connectivity index (χ1v) is 9.35. The van der Waals surface area contributed by atoms with Gasteiger partial charge in [-0.05, 0) is 42.7 Å². The number of phenolic OH excluding ortho intramolecular Hbond substituents is 1. The Morgan fingerprint density at radius 1 is 1.31 bits per heavy atom. The van der Waals surface area contributed by atoms with Crippen LogP contribution in [0.15, 0.2) is 29.1 Å². The van der Waals surface area contributed by atoms with Gasteiger partial charge < -0.3 is 19.5 Å². The Morgan fingerprint density at radius 3 is 2.90 bits per heavy atom. The number of aromatic hydroxyl groups is 1. The average molecular weight is 395 g/mol. The number of nitrogens with zero attached hydrogens (tertiary/aromatic N) is 2. The molecule has 0 radical (unpaired) electrons. The molecule has 0 unspecified atom stereocenters. The number of carbonyl (C=O) groups excluding carboxylic acids is 1. The summed E-state index contributed by atoms with van der Waals surface area (Å²) >= 11 is 0. The number of cyclic esters (lactones) is 1. The van der Waals surface area contributed by atoms with Gasteiger partial charge in [-0.2, -0.15) is 0 Å². The number of rotatable bonds is 2.